The van der Waals surface area contributed by atoms with E-state index in [4.69, 9.17) is 11.6 Å². The molecule has 3 heterocycles. The first-order chi connectivity index (χ1) is 11.4. The van der Waals surface area contributed by atoms with Crippen molar-refractivity contribution in [2.75, 3.05) is 0 Å². The van der Waals surface area contributed by atoms with Gasteiger partial charge >= 0.3 is 5.69 Å². The van der Waals surface area contributed by atoms with E-state index in [0.29, 0.717) is 40.5 Å². The second-order valence-corrected chi connectivity index (χ2v) is 6.75. The quantitative estimate of drug-likeness (QED) is 0.645. The Morgan fingerprint density at radius 2 is 2.00 bits per heavy atom. The summed E-state index contributed by atoms with van der Waals surface area (Å²) in [6.45, 7) is 0.566. The summed E-state index contributed by atoms with van der Waals surface area (Å²) in [7, 11) is 3.09. The van der Waals surface area contributed by atoms with Crippen molar-refractivity contribution in [1.82, 2.24) is 18.7 Å². The zero-order valence-electron chi connectivity index (χ0n) is 13.2. The van der Waals surface area contributed by atoms with Crippen molar-refractivity contribution in [2.24, 2.45) is 14.1 Å². The Labute approximate surface area is 145 Å². The van der Waals surface area contributed by atoms with Gasteiger partial charge in [0.05, 0.1) is 10.9 Å². The fourth-order valence-corrected chi connectivity index (χ4v) is 3.48. The summed E-state index contributed by atoms with van der Waals surface area (Å²) in [4.78, 5) is 40.0. The van der Waals surface area contributed by atoms with E-state index in [-0.39, 0.29) is 17.0 Å². The lowest BCUT2D eigenvalue weighted by molar-refractivity contribution is 0.0978. The number of aromatic nitrogens is 4. The number of ketones is 1. The molecule has 0 bridgehead atoms. The Bertz CT molecular complexity index is 1040. The maximum Gasteiger partial charge on any atom is 0.330 e. The van der Waals surface area contributed by atoms with E-state index in [1.165, 1.54) is 23.0 Å². The van der Waals surface area contributed by atoms with Crippen LogP contribution in [0.2, 0.25) is 5.15 Å². The van der Waals surface area contributed by atoms with Crippen LogP contribution in [0.25, 0.3) is 10.9 Å². The number of thiazole rings is 1. The number of aryl methyl sites for hydroxylation is 2. The van der Waals surface area contributed by atoms with Gasteiger partial charge in [0.25, 0.3) is 5.56 Å². The summed E-state index contributed by atoms with van der Waals surface area (Å²) in [5.41, 5.74) is -0.0949. The third-order valence-corrected chi connectivity index (χ3v) is 5.07. The van der Waals surface area contributed by atoms with Crippen molar-refractivity contribution in [3.63, 3.8) is 0 Å². The van der Waals surface area contributed by atoms with Crippen molar-refractivity contribution >= 4 is 39.6 Å². The Hall–Kier alpha value is -2.19. The Morgan fingerprint density at radius 1 is 1.25 bits per heavy atom. The normalized spacial score (nSPS) is 11.3. The first-order valence-corrected chi connectivity index (χ1v) is 8.54. The van der Waals surface area contributed by atoms with Gasteiger partial charge in [-0.1, -0.05) is 11.6 Å². The molecule has 0 spiro atoms. The van der Waals surface area contributed by atoms with Crippen LogP contribution in [0.3, 0.4) is 0 Å². The largest absolute Gasteiger partial charge is 0.351 e. The van der Waals surface area contributed by atoms with Crippen LogP contribution < -0.4 is 11.2 Å². The summed E-state index contributed by atoms with van der Waals surface area (Å²) >= 11 is 6.95. The predicted octanol–water partition coefficient (Wildman–Crippen LogP) is 1.81. The summed E-state index contributed by atoms with van der Waals surface area (Å²) in [5, 5.41) is 2.85. The lowest BCUT2D eigenvalue weighted by Crippen LogP contribution is -2.36. The first kappa shape index (κ1) is 16.7. The maximum atomic E-state index is 12.1. The van der Waals surface area contributed by atoms with E-state index < -0.39 is 0 Å². The number of fused-ring (bicyclic) bond motifs is 1. The molecule has 0 saturated carbocycles. The summed E-state index contributed by atoms with van der Waals surface area (Å²) in [6, 6.07) is 0. The van der Waals surface area contributed by atoms with Crippen LogP contribution >= 0.6 is 22.9 Å². The molecule has 0 fully saturated rings. The average molecular weight is 367 g/mol. The Kier molecular flexibility index (Phi) is 4.42. The number of hydrogen-bond donors (Lipinski definition) is 0. The minimum Gasteiger partial charge on any atom is -0.351 e. The monoisotopic (exact) mass is 366 g/mol. The molecule has 24 heavy (non-hydrogen) atoms. The molecule has 0 atom stereocenters. The molecule has 0 radical (unpaired) electrons. The molecule has 3 rings (SSSR count). The Morgan fingerprint density at radius 3 is 2.67 bits per heavy atom. The van der Waals surface area contributed by atoms with Gasteiger partial charge in [0.15, 0.2) is 10.8 Å². The smallest absolute Gasteiger partial charge is 0.330 e. The highest BCUT2D eigenvalue weighted by atomic mass is 35.5. The van der Waals surface area contributed by atoms with Crippen LogP contribution in [0, 0.1) is 0 Å². The molecule has 0 unspecified atom stereocenters. The van der Waals surface area contributed by atoms with Crippen LogP contribution in [-0.2, 0) is 20.6 Å². The highest BCUT2D eigenvalue weighted by molar-refractivity contribution is 7.12. The molecule has 0 N–H and O–H groups in total. The third kappa shape index (κ3) is 2.94. The van der Waals surface area contributed by atoms with E-state index in [1.54, 1.807) is 24.8 Å². The van der Waals surface area contributed by atoms with E-state index in [9.17, 15) is 14.4 Å². The second kappa shape index (κ2) is 6.37. The van der Waals surface area contributed by atoms with Gasteiger partial charge in [-0.25, -0.2) is 9.78 Å². The molecule has 0 aliphatic heterocycles. The van der Waals surface area contributed by atoms with Crippen molar-refractivity contribution < 1.29 is 4.79 Å². The van der Waals surface area contributed by atoms with Crippen LogP contribution in [0.1, 0.15) is 22.6 Å². The predicted molar refractivity (Wildman–Crippen MR) is 93.1 cm³/mol. The van der Waals surface area contributed by atoms with Crippen LogP contribution in [0.5, 0.6) is 0 Å². The molecule has 3 aromatic rings. The van der Waals surface area contributed by atoms with Gasteiger partial charge in [-0.2, -0.15) is 0 Å². The van der Waals surface area contributed by atoms with E-state index in [2.05, 4.69) is 4.98 Å². The number of halogens is 1. The molecule has 126 valence electrons. The molecule has 3 aromatic heterocycles. The van der Waals surface area contributed by atoms with Gasteiger partial charge in [0, 0.05) is 44.8 Å². The minimum atomic E-state index is -0.360. The minimum absolute atomic E-state index is 0.0491. The highest BCUT2D eigenvalue weighted by Crippen LogP contribution is 2.17. The average Bonchev–Trinajstić information content (AvgIpc) is 3.17. The van der Waals surface area contributed by atoms with Crippen molar-refractivity contribution in [3.05, 3.63) is 48.8 Å². The lowest BCUT2D eigenvalue weighted by Gasteiger charge is -2.02. The zero-order valence-corrected chi connectivity index (χ0v) is 14.7. The fraction of sp³-hybridized carbons (Fsp3) is 0.333. The topological polar surface area (TPSA) is 78.9 Å². The van der Waals surface area contributed by atoms with Gasteiger partial charge in [-0.3, -0.25) is 18.7 Å². The molecule has 0 aliphatic carbocycles. The van der Waals surface area contributed by atoms with Crippen molar-refractivity contribution in [1.29, 1.82) is 0 Å². The maximum absolute atomic E-state index is 12.1. The number of carbonyl (C=O) groups excluding carboxylic acids is 1. The molecular weight excluding hydrogens is 352 g/mol. The SMILES string of the molecule is Cn1c(=O)c2cn(CCCC(=O)c3nc(Cl)cs3)cc2n(C)c1=O. The van der Waals surface area contributed by atoms with Gasteiger partial charge in [0.2, 0.25) is 0 Å². The van der Waals surface area contributed by atoms with Gasteiger partial charge < -0.3 is 4.57 Å². The third-order valence-electron chi connectivity index (χ3n) is 3.86. The number of Topliss-reactive ketones (excluding diaryl/α,β-unsaturated/α-hetero) is 1. The van der Waals surface area contributed by atoms with Crippen molar-refractivity contribution in [2.45, 2.75) is 19.4 Å². The molecule has 0 aromatic carbocycles. The number of rotatable bonds is 5. The summed E-state index contributed by atoms with van der Waals surface area (Å²) < 4.78 is 4.35. The molecule has 0 saturated heterocycles. The van der Waals surface area contributed by atoms with E-state index >= 15 is 0 Å². The highest BCUT2D eigenvalue weighted by Gasteiger charge is 2.12. The number of hydrogen-bond acceptors (Lipinski definition) is 5. The van der Waals surface area contributed by atoms with E-state index in [0.717, 1.165) is 4.57 Å². The molecule has 0 amide bonds. The molecule has 0 aliphatic rings. The fourth-order valence-electron chi connectivity index (χ4n) is 2.56. The number of nitrogens with zero attached hydrogens (tertiary/aromatic N) is 4. The van der Waals surface area contributed by atoms with E-state index in [1.807, 2.05) is 4.57 Å². The van der Waals surface area contributed by atoms with Gasteiger partial charge in [0.1, 0.15) is 5.15 Å². The summed E-state index contributed by atoms with van der Waals surface area (Å²) in [6.07, 6.45) is 4.41. The van der Waals surface area contributed by atoms with Gasteiger partial charge in [-0.05, 0) is 6.42 Å². The van der Waals surface area contributed by atoms with Gasteiger partial charge in [-0.15, -0.1) is 11.3 Å². The van der Waals surface area contributed by atoms with Crippen LogP contribution in [0.4, 0.5) is 0 Å². The van der Waals surface area contributed by atoms with Crippen LogP contribution in [0.15, 0.2) is 27.4 Å². The zero-order chi connectivity index (χ0) is 17.4. The van der Waals surface area contributed by atoms with Crippen LogP contribution in [-0.4, -0.2) is 24.5 Å². The second-order valence-electron chi connectivity index (χ2n) is 5.50. The lowest BCUT2D eigenvalue weighted by atomic mass is 10.2. The first-order valence-electron chi connectivity index (χ1n) is 7.28. The Balaban J connectivity index is 1.76. The molecule has 7 nitrogen and oxygen atoms in total. The summed E-state index contributed by atoms with van der Waals surface area (Å²) in [5.74, 6) is -0.0491. The molecular formula is C15H15ClN4O3S. The number of carbonyl (C=O) groups is 1. The van der Waals surface area contributed by atoms with Crippen molar-refractivity contribution in [3.8, 4) is 0 Å². The standard InChI is InChI=1S/C15H15ClN4O3S/c1-18-10-7-20(6-9(10)14(22)19(2)15(18)23)5-3-4-11(21)13-17-12(16)8-24-13/h6-8H,3-5H2,1-2H3. The molecule has 9 heteroatoms.